The Morgan fingerprint density at radius 1 is 1.10 bits per heavy atom. The third-order valence-electron chi connectivity index (χ3n) is 5.51. The van der Waals surface area contributed by atoms with Crippen LogP contribution < -0.4 is 10.6 Å². The lowest BCUT2D eigenvalue weighted by molar-refractivity contribution is -0.130. The summed E-state index contributed by atoms with van der Waals surface area (Å²) in [6.07, 6.45) is 2.99. The van der Waals surface area contributed by atoms with Crippen molar-refractivity contribution in [3.8, 4) is 0 Å². The molecule has 30 heavy (non-hydrogen) atoms. The standard InChI is InChI=1S/C23H24N4O3/c1-3-15-8-6-7-14(2)21(15)26-20(28)13-27-22(29)19(25-23(27)30)11-16-12-24-18-10-5-4-9-17(16)18/h4-10,12,19,24H,3,11,13H2,1-2H3,(H,25,30)(H,26,28). The van der Waals surface area contributed by atoms with Crippen molar-refractivity contribution in [1.29, 1.82) is 0 Å². The molecule has 0 aliphatic carbocycles. The number of para-hydroxylation sites is 2. The number of imide groups is 1. The summed E-state index contributed by atoms with van der Waals surface area (Å²) in [5.41, 5.74) is 4.62. The molecule has 1 aliphatic rings. The zero-order chi connectivity index (χ0) is 21.3. The van der Waals surface area contributed by atoms with Crippen LogP contribution in [0.15, 0.2) is 48.7 Å². The average molecular weight is 404 g/mol. The number of aryl methyl sites for hydroxylation is 2. The van der Waals surface area contributed by atoms with E-state index in [1.165, 1.54) is 0 Å². The summed E-state index contributed by atoms with van der Waals surface area (Å²) in [6.45, 7) is 3.61. The van der Waals surface area contributed by atoms with Gasteiger partial charge in [0.1, 0.15) is 12.6 Å². The monoisotopic (exact) mass is 404 g/mol. The van der Waals surface area contributed by atoms with Crippen LogP contribution in [0.4, 0.5) is 10.5 Å². The number of fused-ring (bicyclic) bond motifs is 1. The Hall–Kier alpha value is -3.61. The van der Waals surface area contributed by atoms with Crippen molar-refractivity contribution in [1.82, 2.24) is 15.2 Å². The molecular formula is C23H24N4O3. The number of carbonyl (C=O) groups is 3. The molecule has 0 saturated carbocycles. The molecule has 2 heterocycles. The van der Waals surface area contributed by atoms with Gasteiger partial charge in [-0.25, -0.2) is 4.79 Å². The Bertz CT molecular complexity index is 1130. The molecule has 3 aromatic rings. The number of hydrogen-bond donors (Lipinski definition) is 3. The van der Waals surface area contributed by atoms with Gasteiger partial charge in [-0.05, 0) is 36.1 Å². The lowest BCUT2D eigenvalue weighted by Gasteiger charge is -2.16. The van der Waals surface area contributed by atoms with Crippen molar-refractivity contribution in [2.45, 2.75) is 32.7 Å². The van der Waals surface area contributed by atoms with Crippen molar-refractivity contribution >= 4 is 34.4 Å². The molecule has 0 spiro atoms. The van der Waals surface area contributed by atoms with Crippen LogP contribution in [-0.4, -0.2) is 40.3 Å². The van der Waals surface area contributed by atoms with Crippen LogP contribution in [0.25, 0.3) is 10.9 Å². The van der Waals surface area contributed by atoms with E-state index in [1.54, 1.807) is 0 Å². The van der Waals surface area contributed by atoms with Crippen molar-refractivity contribution in [2.75, 3.05) is 11.9 Å². The quantitative estimate of drug-likeness (QED) is 0.551. The number of carbonyl (C=O) groups excluding carboxylic acids is 3. The number of hydrogen-bond acceptors (Lipinski definition) is 3. The van der Waals surface area contributed by atoms with E-state index in [4.69, 9.17) is 0 Å². The fraction of sp³-hybridized carbons (Fsp3) is 0.261. The van der Waals surface area contributed by atoms with E-state index >= 15 is 0 Å². The van der Waals surface area contributed by atoms with Gasteiger partial charge in [0.05, 0.1) is 0 Å². The largest absolute Gasteiger partial charge is 0.361 e. The minimum atomic E-state index is -0.686. The molecule has 1 unspecified atom stereocenters. The molecule has 3 N–H and O–H groups in total. The van der Waals surface area contributed by atoms with Crippen molar-refractivity contribution in [3.63, 3.8) is 0 Å². The summed E-state index contributed by atoms with van der Waals surface area (Å²) in [5.74, 6) is -0.781. The molecule has 0 bridgehead atoms. The van der Waals surface area contributed by atoms with E-state index in [1.807, 2.05) is 62.5 Å². The Morgan fingerprint density at radius 3 is 2.70 bits per heavy atom. The number of amides is 4. The topological polar surface area (TPSA) is 94.3 Å². The van der Waals surface area contributed by atoms with Crippen LogP contribution in [0.1, 0.15) is 23.6 Å². The van der Waals surface area contributed by atoms with E-state index < -0.39 is 18.0 Å². The lowest BCUT2D eigenvalue weighted by Crippen LogP contribution is -2.38. The van der Waals surface area contributed by atoms with Gasteiger partial charge in [-0.1, -0.05) is 43.3 Å². The zero-order valence-electron chi connectivity index (χ0n) is 17.0. The Kier molecular flexibility index (Phi) is 5.27. The van der Waals surface area contributed by atoms with E-state index in [2.05, 4.69) is 15.6 Å². The molecule has 2 aromatic carbocycles. The highest BCUT2D eigenvalue weighted by atomic mass is 16.2. The molecule has 4 rings (SSSR count). The number of anilines is 1. The highest BCUT2D eigenvalue weighted by Gasteiger charge is 2.39. The molecule has 1 aromatic heterocycles. The first-order valence-electron chi connectivity index (χ1n) is 10.0. The summed E-state index contributed by atoms with van der Waals surface area (Å²) in [6, 6.07) is 12.4. The third-order valence-corrected chi connectivity index (χ3v) is 5.51. The average Bonchev–Trinajstić information content (AvgIpc) is 3.26. The van der Waals surface area contributed by atoms with Crippen LogP contribution in [0.3, 0.4) is 0 Å². The number of aromatic nitrogens is 1. The van der Waals surface area contributed by atoms with Gasteiger partial charge in [0.15, 0.2) is 0 Å². The van der Waals surface area contributed by atoms with E-state index in [0.29, 0.717) is 6.42 Å². The first-order valence-corrected chi connectivity index (χ1v) is 10.0. The summed E-state index contributed by atoms with van der Waals surface area (Å²) < 4.78 is 0. The minimum absolute atomic E-state index is 0.313. The predicted molar refractivity (Wildman–Crippen MR) is 115 cm³/mol. The smallest absolute Gasteiger partial charge is 0.325 e. The summed E-state index contributed by atoms with van der Waals surface area (Å²) >= 11 is 0. The van der Waals surface area contributed by atoms with Gasteiger partial charge < -0.3 is 15.6 Å². The second-order valence-corrected chi connectivity index (χ2v) is 7.50. The summed E-state index contributed by atoms with van der Waals surface area (Å²) in [4.78, 5) is 41.9. The maximum atomic E-state index is 12.8. The first-order chi connectivity index (χ1) is 14.5. The van der Waals surface area contributed by atoms with E-state index in [0.717, 1.165) is 44.6 Å². The van der Waals surface area contributed by atoms with E-state index in [9.17, 15) is 14.4 Å². The lowest BCUT2D eigenvalue weighted by atomic mass is 10.0. The van der Waals surface area contributed by atoms with Crippen molar-refractivity contribution in [2.24, 2.45) is 0 Å². The normalized spacial score (nSPS) is 16.2. The van der Waals surface area contributed by atoms with Crippen LogP contribution in [-0.2, 0) is 22.4 Å². The predicted octanol–water partition coefficient (Wildman–Crippen LogP) is 3.14. The molecule has 7 heteroatoms. The van der Waals surface area contributed by atoms with Gasteiger partial charge in [0.2, 0.25) is 5.91 Å². The summed E-state index contributed by atoms with van der Waals surface area (Å²) in [7, 11) is 0. The van der Waals surface area contributed by atoms with Crippen LogP contribution >= 0.6 is 0 Å². The number of rotatable bonds is 6. The molecule has 1 saturated heterocycles. The maximum absolute atomic E-state index is 12.8. The van der Waals surface area contributed by atoms with Crippen molar-refractivity contribution < 1.29 is 14.4 Å². The Balaban J connectivity index is 1.45. The fourth-order valence-electron chi connectivity index (χ4n) is 3.91. The molecule has 1 aliphatic heterocycles. The number of urea groups is 1. The first kappa shape index (κ1) is 19.7. The number of aromatic amines is 1. The Labute approximate surface area is 174 Å². The van der Waals surface area contributed by atoms with Gasteiger partial charge in [-0.15, -0.1) is 0 Å². The number of nitrogens with zero attached hydrogens (tertiary/aromatic N) is 1. The molecule has 0 radical (unpaired) electrons. The fourth-order valence-corrected chi connectivity index (χ4v) is 3.91. The van der Waals surface area contributed by atoms with Crippen LogP contribution in [0.2, 0.25) is 0 Å². The zero-order valence-corrected chi connectivity index (χ0v) is 17.0. The molecule has 4 amide bonds. The Morgan fingerprint density at radius 2 is 1.90 bits per heavy atom. The number of H-pyrrole nitrogens is 1. The van der Waals surface area contributed by atoms with E-state index in [-0.39, 0.29) is 12.5 Å². The van der Waals surface area contributed by atoms with Gasteiger partial charge >= 0.3 is 6.03 Å². The SMILES string of the molecule is CCc1cccc(C)c1NC(=O)CN1C(=O)NC(Cc2c[nH]c3ccccc23)C1=O. The van der Waals surface area contributed by atoms with Crippen LogP contribution in [0.5, 0.6) is 0 Å². The molecular weight excluding hydrogens is 380 g/mol. The highest BCUT2D eigenvalue weighted by Crippen LogP contribution is 2.23. The van der Waals surface area contributed by atoms with Crippen LogP contribution in [0, 0.1) is 6.92 Å². The van der Waals surface area contributed by atoms with Gasteiger partial charge in [-0.3, -0.25) is 14.5 Å². The molecule has 1 fully saturated rings. The maximum Gasteiger partial charge on any atom is 0.325 e. The van der Waals surface area contributed by atoms with Gasteiger partial charge in [0, 0.05) is 29.2 Å². The highest BCUT2D eigenvalue weighted by molar-refractivity contribution is 6.08. The minimum Gasteiger partial charge on any atom is -0.361 e. The van der Waals surface area contributed by atoms with Gasteiger partial charge in [-0.2, -0.15) is 0 Å². The second kappa shape index (κ2) is 8.02. The molecule has 7 nitrogen and oxygen atoms in total. The molecule has 1 atom stereocenters. The number of benzene rings is 2. The summed E-state index contributed by atoms with van der Waals surface area (Å²) in [5, 5.41) is 6.58. The third kappa shape index (κ3) is 3.66. The van der Waals surface area contributed by atoms with Gasteiger partial charge in [0.25, 0.3) is 5.91 Å². The number of nitrogens with one attached hydrogen (secondary N) is 3. The molecule has 154 valence electrons. The van der Waals surface area contributed by atoms with Crippen molar-refractivity contribution in [3.05, 3.63) is 65.4 Å². The second-order valence-electron chi connectivity index (χ2n) is 7.50.